The molecule has 5 rings (SSSR count). The van der Waals surface area contributed by atoms with Crippen LogP contribution in [0.15, 0.2) is 65.3 Å². The summed E-state index contributed by atoms with van der Waals surface area (Å²) < 4.78 is 6.32. The molecule has 4 aromatic rings. The summed E-state index contributed by atoms with van der Waals surface area (Å²) in [6.45, 7) is 1.63. The number of carbonyl (C=O) groups is 1. The fraction of sp³-hybridized carbons (Fsp3) is 0.240. The van der Waals surface area contributed by atoms with Gasteiger partial charge in [-0.2, -0.15) is 0 Å². The van der Waals surface area contributed by atoms with Gasteiger partial charge in [-0.25, -0.2) is 9.97 Å². The number of anilines is 2. The Morgan fingerprint density at radius 1 is 1.00 bits per heavy atom. The van der Waals surface area contributed by atoms with Crippen molar-refractivity contribution < 1.29 is 9.21 Å². The van der Waals surface area contributed by atoms with E-state index in [1.165, 1.54) is 0 Å². The zero-order valence-electron chi connectivity index (χ0n) is 19.0. The topological polar surface area (TPSA) is 123 Å². The molecular formula is C25H28Cl2N6O2. The summed E-state index contributed by atoms with van der Waals surface area (Å²) in [7, 11) is 0. The third-order valence-electron chi connectivity index (χ3n) is 5.99. The number of nitrogens with zero attached hydrogens (tertiary/aromatic N) is 3. The number of benzene rings is 2. The first kappa shape index (κ1) is 26.4. The minimum Gasteiger partial charge on any atom is -0.437 e. The Morgan fingerprint density at radius 2 is 1.69 bits per heavy atom. The Bertz CT molecular complexity index is 1270. The lowest BCUT2D eigenvalue weighted by Crippen LogP contribution is -2.40. The largest absolute Gasteiger partial charge is 0.437 e. The summed E-state index contributed by atoms with van der Waals surface area (Å²) in [5.74, 6) is 1.34. The van der Waals surface area contributed by atoms with Crippen LogP contribution in [-0.4, -0.2) is 41.6 Å². The van der Waals surface area contributed by atoms with Gasteiger partial charge in [0.05, 0.1) is 11.9 Å². The maximum Gasteiger partial charge on any atom is 0.238 e. The average molecular weight is 515 g/mol. The van der Waals surface area contributed by atoms with Crippen LogP contribution in [0.3, 0.4) is 0 Å². The summed E-state index contributed by atoms with van der Waals surface area (Å²) in [4.78, 5) is 23.0. The lowest BCUT2D eigenvalue weighted by molar-refractivity contribution is -0.114. The molecule has 0 saturated carbocycles. The van der Waals surface area contributed by atoms with Gasteiger partial charge in [0.1, 0.15) is 17.9 Å². The van der Waals surface area contributed by atoms with Crippen LogP contribution >= 0.6 is 24.8 Å². The van der Waals surface area contributed by atoms with Gasteiger partial charge in [0, 0.05) is 35.9 Å². The number of rotatable bonds is 5. The first-order chi connectivity index (χ1) is 16.1. The quantitative estimate of drug-likeness (QED) is 0.364. The summed E-state index contributed by atoms with van der Waals surface area (Å²) >= 11 is 0. The van der Waals surface area contributed by atoms with Crippen LogP contribution in [0.4, 0.5) is 11.5 Å². The zero-order valence-corrected chi connectivity index (χ0v) is 20.6. The first-order valence-electron chi connectivity index (χ1n) is 11.1. The number of amides is 1. The van der Waals surface area contributed by atoms with E-state index in [4.69, 9.17) is 15.9 Å². The van der Waals surface area contributed by atoms with E-state index in [2.05, 4.69) is 32.3 Å². The van der Waals surface area contributed by atoms with E-state index < -0.39 is 0 Å². The second-order valence-corrected chi connectivity index (χ2v) is 8.20. The van der Waals surface area contributed by atoms with Crippen molar-refractivity contribution in [2.24, 2.45) is 11.5 Å². The van der Waals surface area contributed by atoms with Crippen LogP contribution in [0.25, 0.3) is 33.6 Å². The number of fused-ring (bicyclic) bond motifs is 1. The number of hydrogen-bond donors (Lipinski definition) is 3. The predicted octanol–water partition coefficient (Wildman–Crippen LogP) is 4.23. The second kappa shape index (κ2) is 11.5. The van der Waals surface area contributed by atoms with Crippen LogP contribution in [0.1, 0.15) is 12.8 Å². The number of furan rings is 1. The predicted molar refractivity (Wildman–Crippen MR) is 144 cm³/mol. The van der Waals surface area contributed by atoms with E-state index in [1.54, 1.807) is 6.33 Å². The Morgan fingerprint density at radius 3 is 2.34 bits per heavy atom. The summed E-state index contributed by atoms with van der Waals surface area (Å²) in [6, 6.07) is 17.9. The maximum absolute atomic E-state index is 11.6. The molecular weight excluding hydrogens is 487 g/mol. The molecule has 0 bridgehead atoms. The highest BCUT2D eigenvalue weighted by Crippen LogP contribution is 2.43. The van der Waals surface area contributed by atoms with E-state index in [9.17, 15) is 4.79 Å². The van der Waals surface area contributed by atoms with Crippen LogP contribution in [-0.2, 0) is 4.79 Å². The van der Waals surface area contributed by atoms with Crippen LogP contribution < -0.4 is 21.7 Å². The monoisotopic (exact) mass is 514 g/mol. The molecule has 0 spiro atoms. The van der Waals surface area contributed by atoms with Crippen molar-refractivity contribution in [3.8, 4) is 22.5 Å². The molecule has 2 aromatic carbocycles. The van der Waals surface area contributed by atoms with Crippen LogP contribution in [0.5, 0.6) is 0 Å². The molecule has 10 heteroatoms. The van der Waals surface area contributed by atoms with Gasteiger partial charge < -0.3 is 26.1 Å². The van der Waals surface area contributed by atoms with E-state index in [0.717, 1.165) is 53.8 Å². The molecule has 2 aromatic heterocycles. The smallest absolute Gasteiger partial charge is 0.238 e. The van der Waals surface area contributed by atoms with Gasteiger partial charge in [0.15, 0.2) is 0 Å². The van der Waals surface area contributed by atoms with Crippen molar-refractivity contribution in [3.05, 3.63) is 60.9 Å². The summed E-state index contributed by atoms with van der Waals surface area (Å²) in [5, 5.41) is 3.66. The van der Waals surface area contributed by atoms with Crippen molar-refractivity contribution >= 4 is 53.3 Å². The number of carbonyl (C=O) groups excluding carboxylic acids is 1. The highest BCUT2D eigenvalue weighted by atomic mass is 35.5. The Hall–Kier alpha value is -3.17. The van der Waals surface area contributed by atoms with E-state index in [1.807, 2.05) is 42.5 Å². The Kier molecular flexibility index (Phi) is 8.69. The van der Waals surface area contributed by atoms with Crippen molar-refractivity contribution in [2.75, 3.05) is 29.9 Å². The average Bonchev–Trinajstić information content (AvgIpc) is 3.25. The van der Waals surface area contributed by atoms with Gasteiger partial charge in [-0.15, -0.1) is 24.8 Å². The minimum absolute atomic E-state index is 0. The molecule has 0 unspecified atom stereocenters. The molecule has 35 heavy (non-hydrogen) atoms. The first-order valence-corrected chi connectivity index (χ1v) is 11.1. The van der Waals surface area contributed by atoms with Crippen molar-refractivity contribution in [1.82, 2.24) is 9.97 Å². The molecule has 1 aliphatic heterocycles. The second-order valence-electron chi connectivity index (χ2n) is 8.20. The number of halogens is 2. The number of hydrogen-bond acceptors (Lipinski definition) is 7. The molecule has 0 radical (unpaired) electrons. The standard InChI is InChI=1S/C25H26N6O2.2ClH/c26-14-20(32)30-19-8-6-17(7-9-19)23-21(16-4-2-1-3-5-16)22-24(28-15-29-25(22)33-23)31-12-10-18(27)11-13-31;;/h1-9,15,18H,10-14,26-27H2,(H,30,32);2*1H. The SMILES string of the molecule is Cl.Cl.NCC(=O)Nc1ccc(-c2oc3ncnc(N4CCC(N)CC4)c3c2-c2ccccc2)cc1. The third-order valence-corrected chi connectivity index (χ3v) is 5.99. The lowest BCUT2D eigenvalue weighted by Gasteiger charge is -2.31. The zero-order chi connectivity index (χ0) is 22.8. The van der Waals surface area contributed by atoms with Gasteiger partial charge in [0.25, 0.3) is 0 Å². The minimum atomic E-state index is -0.238. The van der Waals surface area contributed by atoms with Gasteiger partial charge in [-0.3, -0.25) is 4.79 Å². The number of piperidine rings is 1. The third kappa shape index (κ3) is 5.41. The fourth-order valence-electron chi connectivity index (χ4n) is 4.27. The molecule has 1 saturated heterocycles. The molecule has 0 aliphatic carbocycles. The molecule has 1 amide bonds. The van der Waals surface area contributed by atoms with E-state index in [-0.39, 0.29) is 43.3 Å². The van der Waals surface area contributed by atoms with Gasteiger partial charge in [0.2, 0.25) is 11.6 Å². The fourth-order valence-corrected chi connectivity index (χ4v) is 4.27. The number of aromatic nitrogens is 2. The van der Waals surface area contributed by atoms with Crippen LogP contribution in [0, 0.1) is 0 Å². The van der Waals surface area contributed by atoms with Crippen LogP contribution in [0.2, 0.25) is 0 Å². The van der Waals surface area contributed by atoms with Crippen molar-refractivity contribution in [1.29, 1.82) is 0 Å². The highest BCUT2D eigenvalue weighted by Gasteiger charge is 2.26. The molecule has 5 N–H and O–H groups in total. The summed E-state index contributed by atoms with van der Waals surface area (Å²) in [6.07, 6.45) is 3.40. The normalized spacial score (nSPS) is 13.7. The molecule has 8 nitrogen and oxygen atoms in total. The van der Waals surface area contributed by atoms with Crippen molar-refractivity contribution in [3.63, 3.8) is 0 Å². The van der Waals surface area contributed by atoms with Gasteiger partial charge in [-0.05, 0) is 42.7 Å². The molecule has 1 aliphatic rings. The number of nitrogens with one attached hydrogen (secondary N) is 1. The molecule has 1 fully saturated rings. The molecule has 184 valence electrons. The maximum atomic E-state index is 11.6. The lowest BCUT2D eigenvalue weighted by atomic mass is 9.98. The molecule has 3 heterocycles. The van der Waals surface area contributed by atoms with E-state index in [0.29, 0.717) is 17.2 Å². The highest BCUT2D eigenvalue weighted by molar-refractivity contribution is 6.06. The van der Waals surface area contributed by atoms with Gasteiger partial charge >= 0.3 is 0 Å². The Balaban J connectivity index is 0.00000171. The van der Waals surface area contributed by atoms with Gasteiger partial charge in [-0.1, -0.05) is 30.3 Å². The van der Waals surface area contributed by atoms with E-state index >= 15 is 0 Å². The number of nitrogens with two attached hydrogens (primary N) is 2. The Labute approximate surface area is 215 Å². The van der Waals surface area contributed by atoms with Crippen molar-refractivity contribution in [2.45, 2.75) is 18.9 Å². The molecule has 0 atom stereocenters. The summed E-state index contributed by atoms with van der Waals surface area (Å²) in [5.41, 5.74) is 15.6.